The van der Waals surface area contributed by atoms with Crippen LogP contribution in [0.1, 0.15) is 17.3 Å². The fourth-order valence-corrected chi connectivity index (χ4v) is 4.20. The van der Waals surface area contributed by atoms with Crippen molar-refractivity contribution in [1.29, 1.82) is 0 Å². The third-order valence-electron chi connectivity index (χ3n) is 5.18. The summed E-state index contributed by atoms with van der Waals surface area (Å²) in [5.74, 6) is -0.325. The average molecular weight is 489 g/mol. The molecule has 2 aliphatic heterocycles. The molecule has 0 radical (unpaired) electrons. The van der Waals surface area contributed by atoms with E-state index in [1.807, 2.05) is 18.2 Å². The van der Waals surface area contributed by atoms with E-state index < -0.39 is 12.0 Å². The van der Waals surface area contributed by atoms with Crippen LogP contribution in [0.3, 0.4) is 0 Å². The number of amidine groups is 1. The lowest BCUT2D eigenvalue weighted by Crippen LogP contribution is -2.43. The van der Waals surface area contributed by atoms with Crippen LogP contribution in [0.25, 0.3) is 0 Å². The second-order valence-electron chi connectivity index (χ2n) is 7.16. The molecule has 0 saturated carbocycles. The largest absolute Gasteiger partial charge is 0.466 e. The summed E-state index contributed by atoms with van der Waals surface area (Å²) in [5, 5.41) is 3.31. The van der Waals surface area contributed by atoms with Gasteiger partial charge >= 0.3 is 5.97 Å². The second kappa shape index (κ2) is 9.67. The predicted octanol–water partition coefficient (Wildman–Crippen LogP) is 2.83. The van der Waals surface area contributed by atoms with Crippen LogP contribution in [0.2, 0.25) is 0 Å². The molecule has 1 aromatic heterocycles. The molecule has 1 aromatic carbocycles. The Morgan fingerprint density at radius 2 is 2.13 bits per heavy atom. The molecule has 0 bridgehead atoms. The van der Waals surface area contributed by atoms with Crippen LogP contribution in [0.5, 0.6) is 0 Å². The summed E-state index contributed by atoms with van der Waals surface area (Å²) in [4.78, 5) is 24.3. The number of rotatable bonds is 5. The Bertz CT molecular complexity index is 1020. The van der Waals surface area contributed by atoms with Crippen molar-refractivity contribution in [3.8, 4) is 0 Å². The first-order chi connectivity index (χ1) is 15.1. The minimum absolute atomic E-state index is 0.379. The molecule has 3 heterocycles. The third kappa shape index (κ3) is 4.84. The van der Waals surface area contributed by atoms with Crippen LogP contribution in [-0.2, 0) is 14.3 Å². The summed E-state index contributed by atoms with van der Waals surface area (Å²) in [6, 6.07) is 9.21. The zero-order valence-electron chi connectivity index (χ0n) is 17.0. The van der Waals surface area contributed by atoms with Crippen LogP contribution in [0.15, 0.2) is 63.3 Å². The Labute approximate surface area is 188 Å². The highest BCUT2D eigenvalue weighted by molar-refractivity contribution is 9.10. The minimum Gasteiger partial charge on any atom is -0.466 e. The number of aromatic nitrogens is 1. The van der Waals surface area contributed by atoms with E-state index in [-0.39, 0.29) is 5.82 Å². The number of methoxy groups -OCH3 is 1. The smallest absolute Gasteiger partial charge is 0.338 e. The van der Waals surface area contributed by atoms with Crippen molar-refractivity contribution >= 4 is 27.7 Å². The summed E-state index contributed by atoms with van der Waals surface area (Å²) in [7, 11) is 1.34. The maximum Gasteiger partial charge on any atom is 0.338 e. The lowest BCUT2D eigenvalue weighted by atomic mass is 9.95. The van der Waals surface area contributed by atoms with Gasteiger partial charge in [-0.1, -0.05) is 28.1 Å². The van der Waals surface area contributed by atoms with Gasteiger partial charge < -0.3 is 14.8 Å². The van der Waals surface area contributed by atoms with Gasteiger partial charge in [0.15, 0.2) is 5.84 Å². The molecule has 0 spiro atoms. The van der Waals surface area contributed by atoms with Gasteiger partial charge in [0.25, 0.3) is 0 Å². The quantitative estimate of drug-likeness (QED) is 0.652. The highest BCUT2D eigenvalue weighted by Gasteiger charge is 2.34. The number of ether oxygens (including phenoxy) is 2. The first-order valence-corrected chi connectivity index (χ1v) is 10.7. The summed E-state index contributed by atoms with van der Waals surface area (Å²) in [6.07, 6.45) is 1.68. The molecular formula is C22H22BrFN4O3. The first kappa shape index (κ1) is 21.6. The molecule has 1 N–H and O–H groups in total. The van der Waals surface area contributed by atoms with Gasteiger partial charge in [-0.05, 0) is 29.8 Å². The number of nitrogens with zero attached hydrogens (tertiary/aromatic N) is 3. The van der Waals surface area contributed by atoms with E-state index in [9.17, 15) is 9.18 Å². The maximum atomic E-state index is 13.8. The van der Waals surface area contributed by atoms with Gasteiger partial charge in [0, 0.05) is 36.0 Å². The molecule has 1 saturated heterocycles. The van der Waals surface area contributed by atoms with Crippen molar-refractivity contribution in [2.75, 3.05) is 40.0 Å². The Kier molecular flexibility index (Phi) is 6.74. The molecule has 9 heteroatoms. The number of pyridine rings is 1. The number of aliphatic imine (C=N–C) groups is 1. The molecule has 1 atom stereocenters. The van der Waals surface area contributed by atoms with Gasteiger partial charge in [-0.25, -0.2) is 9.18 Å². The minimum atomic E-state index is -0.684. The number of hydrogen-bond donors (Lipinski definition) is 1. The van der Waals surface area contributed by atoms with Gasteiger partial charge in [0.2, 0.25) is 0 Å². The number of benzene rings is 1. The molecule has 2 aliphatic rings. The van der Waals surface area contributed by atoms with Gasteiger partial charge in [0.1, 0.15) is 17.6 Å². The number of halogens is 2. The maximum absolute atomic E-state index is 13.8. The van der Waals surface area contributed by atoms with Gasteiger partial charge in [-0.15, -0.1) is 0 Å². The SMILES string of the molecule is COC(=O)C1=C(CN2CCOCC2)NC(c2ccccn2)=NC1c1ccc(F)cc1Br. The topological polar surface area (TPSA) is 76.0 Å². The molecule has 4 rings (SSSR count). The van der Waals surface area contributed by atoms with Gasteiger partial charge in [-0.2, -0.15) is 0 Å². The molecule has 31 heavy (non-hydrogen) atoms. The fourth-order valence-electron chi connectivity index (χ4n) is 3.63. The third-order valence-corrected chi connectivity index (χ3v) is 5.87. The Morgan fingerprint density at radius 1 is 1.32 bits per heavy atom. The standard InChI is InChI=1S/C22H22BrFN4O3/c1-30-22(29)19-18(13-28-8-10-31-11-9-28)26-21(17-4-2-3-7-25-17)27-20(19)15-6-5-14(24)12-16(15)23/h2-7,12,20H,8-11,13H2,1H3,(H,26,27). The van der Waals surface area contributed by atoms with Crippen LogP contribution in [0, 0.1) is 5.82 Å². The number of esters is 1. The average Bonchev–Trinajstić information content (AvgIpc) is 2.79. The fraction of sp³-hybridized carbons (Fsp3) is 0.318. The lowest BCUT2D eigenvalue weighted by molar-refractivity contribution is -0.136. The summed E-state index contributed by atoms with van der Waals surface area (Å²) in [5.41, 5.74) is 2.39. The van der Waals surface area contributed by atoms with E-state index >= 15 is 0 Å². The van der Waals surface area contributed by atoms with Crippen LogP contribution >= 0.6 is 15.9 Å². The van der Waals surface area contributed by atoms with Crippen molar-refractivity contribution in [2.45, 2.75) is 6.04 Å². The number of nitrogens with one attached hydrogen (secondary N) is 1. The Hall–Kier alpha value is -2.62. The van der Waals surface area contributed by atoms with E-state index in [4.69, 9.17) is 14.5 Å². The highest BCUT2D eigenvalue weighted by atomic mass is 79.9. The van der Waals surface area contributed by atoms with E-state index in [1.54, 1.807) is 12.3 Å². The zero-order valence-corrected chi connectivity index (χ0v) is 18.6. The van der Waals surface area contributed by atoms with Crippen LogP contribution in [-0.4, -0.2) is 61.6 Å². The van der Waals surface area contributed by atoms with E-state index in [0.29, 0.717) is 52.6 Å². The van der Waals surface area contributed by atoms with Crippen molar-refractivity contribution in [1.82, 2.24) is 15.2 Å². The highest BCUT2D eigenvalue weighted by Crippen LogP contribution is 2.36. The predicted molar refractivity (Wildman–Crippen MR) is 117 cm³/mol. The van der Waals surface area contributed by atoms with E-state index in [2.05, 4.69) is 31.1 Å². The number of morpholine rings is 1. The normalized spacial score (nSPS) is 19.6. The molecule has 1 unspecified atom stereocenters. The molecular weight excluding hydrogens is 467 g/mol. The number of hydrogen-bond acceptors (Lipinski definition) is 7. The zero-order chi connectivity index (χ0) is 21.8. The molecule has 1 fully saturated rings. The van der Waals surface area contributed by atoms with Gasteiger partial charge in [0.05, 0.1) is 25.9 Å². The number of carbonyl (C=O) groups excluding carboxylic acids is 1. The Balaban J connectivity index is 1.82. The summed E-state index contributed by atoms with van der Waals surface area (Å²) in [6.45, 7) is 3.26. The van der Waals surface area contributed by atoms with Crippen LogP contribution < -0.4 is 5.32 Å². The summed E-state index contributed by atoms with van der Waals surface area (Å²) >= 11 is 3.43. The summed E-state index contributed by atoms with van der Waals surface area (Å²) < 4.78 is 24.8. The van der Waals surface area contributed by atoms with Crippen molar-refractivity contribution < 1.29 is 18.7 Å². The monoisotopic (exact) mass is 488 g/mol. The van der Waals surface area contributed by atoms with E-state index in [0.717, 1.165) is 13.1 Å². The molecule has 7 nitrogen and oxygen atoms in total. The van der Waals surface area contributed by atoms with Gasteiger partial charge in [-0.3, -0.25) is 14.9 Å². The second-order valence-corrected chi connectivity index (χ2v) is 8.01. The molecule has 162 valence electrons. The van der Waals surface area contributed by atoms with Crippen molar-refractivity contribution in [3.63, 3.8) is 0 Å². The number of carbonyl (C=O) groups is 1. The van der Waals surface area contributed by atoms with Crippen LogP contribution in [0.4, 0.5) is 4.39 Å². The van der Waals surface area contributed by atoms with Crippen molar-refractivity contribution in [2.24, 2.45) is 4.99 Å². The van der Waals surface area contributed by atoms with E-state index in [1.165, 1.54) is 19.2 Å². The molecule has 0 aliphatic carbocycles. The van der Waals surface area contributed by atoms with Crippen molar-refractivity contribution in [3.05, 3.63) is 75.4 Å². The Morgan fingerprint density at radius 3 is 2.81 bits per heavy atom. The molecule has 2 aromatic rings. The molecule has 0 amide bonds. The lowest BCUT2D eigenvalue weighted by Gasteiger charge is -2.32. The first-order valence-electron chi connectivity index (χ1n) is 9.89.